The Morgan fingerprint density at radius 1 is 1.15 bits per heavy atom. The van der Waals surface area contributed by atoms with Crippen molar-refractivity contribution in [1.29, 1.82) is 0 Å². The molecule has 0 saturated heterocycles. The molecule has 0 aliphatic rings. The molecule has 0 aromatic carbocycles. The molecule has 0 spiro atoms. The van der Waals surface area contributed by atoms with Gasteiger partial charge < -0.3 is 4.18 Å². The van der Waals surface area contributed by atoms with Gasteiger partial charge in [0.2, 0.25) is 0 Å². The van der Waals surface area contributed by atoms with E-state index >= 15 is 0 Å². The van der Waals surface area contributed by atoms with Gasteiger partial charge in [-0.1, -0.05) is 13.3 Å². The predicted molar refractivity (Wildman–Crippen MR) is 70.3 cm³/mol. The van der Waals surface area contributed by atoms with Crippen LogP contribution in [0.5, 0.6) is 0 Å². The summed E-state index contributed by atoms with van der Waals surface area (Å²) in [4.78, 5) is 11.3. The van der Waals surface area contributed by atoms with E-state index in [-0.39, 0.29) is 19.8 Å². The average Bonchev–Trinajstić information content (AvgIpc) is 2.27. The number of nitrogens with one attached hydrogen (secondary N) is 1. The van der Waals surface area contributed by atoms with Crippen LogP contribution < -0.4 is 5.09 Å². The van der Waals surface area contributed by atoms with Crippen molar-refractivity contribution >= 4 is 24.2 Å². The maximum absolute atomic E-state index is 11.9. The third-order valence-corrected chi connectivity index (χ3v) is 4.19. The SMILES string of the molecule is CCCCOS(=O)(=O)OC(=O)NP(=O)(OCC)OCC. The molecule has 0 rings (SSSR count). The lowest BCUT2D eigenvalue weighted by molar-refractivity contribution is 0.177. The van der Waals surface area contributed by atoms with E-state index in [0.29, 0.717) is 12.8 Å². The zero-order valence-corrected chi connectivity index (χ0v) is 13.4. The van der Waals surface area contributed by atoms with Gasteiger partial charge in [0.1, 0.15) is 0 Å². The van der Waals surface area contributed by atoms with Crippen LogP contribution in [0, 0.1) is 0 Å². The minimum atomic E-state index is -4.50. The number of hydrogen-bond acceptors (Lipinski definition) is 8. The van der Waals surface area contributed by atoms with Crippen molar-refractivity contribution in [3.63, 3.8) is 0 Å². The van der Waals surface area contributed by atoms with Crippen LogP contribution in [0.25, 0.3) is 0 Å². The summed E-state index contributed by atoms with van der Waals surface area (Å²) in [6.45, 7) is 4.78. The third kappa shape index (κ3) is 8.49. The topological polar surface area (TPSA) is 117 Å². The van der Waals surface area contributed by atoms with Crippen molar-refractivity contribution < 1.29 is 35.2 Å². The molecule has 20 heavy (non-hydrogen) atoms. The maximum atomic E-state index is 11.9. The lowest BCUT2D eigenvalue weighted by Crippen LogP contribution is -2.27. The molecule has 0 bridgehead atoms. The van der Waals surface area contributed by atoms with Crippen molar-refractivity contribution in [2.24, 2.45) is 0 Å². The fourth-order valence-corrected chi connectivity index (χ4v) is 2.81. The summed E-state index contributed by atoms with van der Waals surface area (Å²) in [6, 6.07) is 0. The Morgan fingerprint density at radius 3 is 2.15 bits per heavy atom. The molecular formula is C9H20NO8PS. The molecule has 0 aromatic heterocycles. The van der Waals surface area contributed by atoms with Gasteiger partial charge in [-0.2, -0.15) is 8.42 Å². The van der Waals surface area contributed by atoms with Gasteiger partial charge in [0, 0.05) is 0 Å². The smallest absolute Gasteiger partial charge is 0.306 e. The van der Waals surface area contributed by atoms with Gasteiger partial charge in [0.15, 0.2) is 0 Å². The van der Waals surface area contributed by atoms with E-state index in [1.165, 1.54) is 13.8 Å². The Morgan fingerprint density at radius 2 is 1.70 bits per heavy atom. The summed E-state index contributed by atoms with van der Waals surface area (Å²) in [7, 11) is -8.44. The van der Waals surface area contributed by atoms with Crippen LogP contribution in [0.3, 0.4) is 0 Å². The number of hydrogen-bond donors (Lipinski definition) is 1. The molecule has 0 fully saturated rings. The molecule has 0 radical (unpaired) electrons. The first kappa shape index (κ1) is 19.3. The number of rotatable bonds is 10. The fraction of sp³-hybridized carbons (Fsp3) is 0.889. The van der Waals surface area contributed by atoms with E-state index in [9.17, 15) is 17.8 Å². The van der Waals surface area contributed by atoms with Gasteiger partial charge in [-0.25, -0.2) is 18.6 Å². The van der Waals surface area contributed by atoms with E-state index in [2.05, 4.69) is 8.37 Å². The molecule has 9 nitrogen and oxygen atoms in total. The number of carbonyl (C=O) groups excluding carboxylic acids is 1. The molecule has 1 N–H and O–H groups in total. The summed E-state index contributed by atoms with van der Waals surface area (Å²) in [5, 5.41) is 1.73. The summed E-state index contributed by atoms with van der Waals surface area (Å²) >= 11 is 0. The summed E-state index contributed by atoms with van der Waals surface area (Å²) in [6.07, 6.45) is -0.293. The standard InChI is InChI=1S/C9H20NO8PS/c1-4-7-8-17-20(13,14)18-9(11)10-19(12,15-5-2)16-6-3/h4-8H2,1-3H3,(H,10,11,12). The quantitative estimate of drug-likeness (QED) is 0.476. The number of amides is 1. The first-order chi connectivity index (χ1) is 9.28. The van der Waals surface area contributed by atoms with Crippen LogP contribution in [0.1, 0.15) is 33.6 Å². The summed E-state index contributed by atoms with van der Waals surface area (Å²) < 4.78 is 52.3. The first-order valence-electron chi connectivity index (χ1n) is 6.08. The van der Waals surface area contributed by atoms with Crippen LogP contribution in [0.2, 0.25) is 0 Å². The highest BCUT2D eigenvalue weighted by molar-refractivity contribution is 7.82. The molecule has 11 heteroatoms. The fourth-order valence-electron chi connectivity index (χ4n) is 0.994. The minimum Gasteiger partial charge on any atom is -0.306 e. The zero-order valence-electron chi connectivity index (χ0n) is 11.7. The summed E-state index contributed by atoms with van der Waals surface area (Å²) in [5.74, 6) is 0. The molecule has 0 heterocycles. The minimum absolute atomic E-state index is 0.00267. The van der Waals surface area contributed by atoms with Crippen molar-refractivity contribution in [3.8, 4) is 0 Å². The lowest BCUT2D eigenvalue weighted by Gasteiger charge is -2.16. The van der Waals surface area contributed by atoms with Crippen LogP contribution >= 0.6 is 7.75 Å². The predicted octanol–water partition coefficient (Wildman–Crippen LogP) is 1.96. The first-order valence-corrected chi connectivity index (χ1v) is 8.96. The molecule has 1 amide bonds. The summed E-state index contributed by atoms with van der Waals surface area (Å²) in [5.41, 5.74) is 0. The van der Waals surface area contributed by atoms with Crippen LogP contribution in [0.15, 0.2) is 0 Å². The van der Waals surface area contributed by atoms with E-state index in [1.54, 1.807) is 5.09 Å². The van der Waals surface area contributed by atoms with Crippen molar-refractivity contribution in [2.45, 2.75) is 33.6 Å². The second-order valence-corrected chi connectivity index (χ2v) is 6.35. The van der Waals surface area contributed by atoms with Gasteiger partial charge >= 0.3 is 24.2 Å². The molecule has 0 aromatic rings. The molecule has 0 atom stereocenters. The normalized spacial score (nSPS) is 12.2. The maximum Gasteiger partial charge on any atom is 0.452 e. The van der Waals surface area contributed by atoms with E-state index in [0.717, 1.165) is 0 Å². The Balaban J connectivity index is 4.49. The average molecular weight is 333 g/mol. The second-order valence-electron chi connectivity index (χ2n) is 3.40. The van der Waals surface area contributed by atoms with E-state index in [1.807, 2.05) is 6.92 Å². The van der Waals surface area contributed by atoms with Crippen LogP contribution in [-0.2, 0) is 32.4 Å². The second kappa shape index (κ2) is 9.30. The van der Waals surface area contributed by atoms with Crippen LogP contribution in [0.4, 0.5) is 4.79 Å². The monoisotopic (exact) mass is 333 g/mol. The van der Waals surface area contributed by atoms with E-state index < -0.39 is 24.2 Å². The van der Waals surface area contributed by atoms with E-state index in [4.69, 9.17) is 9.05 Å². The Hall–Kier alpha value is -0.670. The van der Waals surface area contributed by atoms with Gasteiger partial charge in [-0.05, 0) is 20.3 Å². The largest absolute Gasteiger partial charge is 0.452 e. The molecule has 120 valence electrons. The van der Waals surface area contributed by atoms with Crippen molar-refractivity contribution in [2.75, 3.05) is 19.8 Å². The molecule has 0 saturated carbocycles. The lowest BCUT2D eigenvalue weighted by atomic mass is 10.4. The highest BCUT2D eigenvalue weighted by Gasteiger charge is 2.30. The van der Waals surface area contributed by atoms with Gasteiger partial charge in [-0.15, -0.1) is 0 Å². The number of carbonyl (C=O) groups is 1. The highest BCUT2D eigenvalue weighted by atomic mass is 32.3. The Labute approximate surface area is 118 Å². The number of unbranched alkanes of at least 4 members (excludes halogenated alkanes) is 1. The van der Waals surface area contributed by atoms with Crippen molar-refractivity contribution in [1.82, 2.24) is 5.09 Å². The Kier molecular flexibility index (Phi) is 8.99. The van der Waals surface area contributed by atoms with Gasteiger partial charge in [0.05, 0.1) is 19.8 Å². The molecule has 0 unspecified atom stereocenters. The molecular weight excluding hydrogens is 313 g/mol. The molecule has 0 aliphatic carbocycles. The van der Waals surface area contributed by atoms with Crippen LogP contribution in [-0.4, -0.2) is 34.3 Å². The van der Waals surface area contributed by atoms with Gasteiger partial charge in [-0.3, -0.25) is 9.05 Å². The third-order valence-electron chi connectivity index (χ3n) is 1.73. The Bertz CT molecular complexity index is 427. The van der Waals surface area contributed by atoms with Gasteiger partial charge in [0.25, 0.3) is 0 Å². The zero-order chi connectivity index (χ0) is 15.6. The van der Waals surface area contributed by atoms with Crippen molar-refractivity contribution in [3.05, 3.63) is 0 Å². The molecule has 0 aliphatic heterocycles. The highest BCUT2D eigenvalue weighted by Crippen LogP contribution is 2.43.